The highest BCUT2D eigenvalue weighted by molar-refractivity contribution is 5.14. The van der Waals surface area contributed by atoms with Crippen LogP contribution in [0.25, 0.3) is 0 Å². The molecular formula is C15H22N2O. The summed E-state index contributed by atoms with van der Waals surface area (Å²) in [4.78, 5) is 2.45. The van der Waals surface area contributed by atoms with Crippen molar-refractivity contribution < 1.29 is 5.11 Å². The first-order chi connectivity index (χ1) is 8.83. The molecule has 2 atom stereocenters. The van der Waals surface area contributed by atoms with E-state index in [9.17, 15) is 5.11 Å². The van der Waals surface area contributed by atoms with Crippen molar-refractivity contribution in [2.24, 2.45) is 5.92 Å². The Balaban J connectivity index is 1.56. The summed E-state index contributed by atoms with van der Waals surface area (Å²) in [5.74, 6) is 0.555. The zero-order chi connectivity index (χ0) is 12.4. The predicted molar refractivity (Wildman–Crippen MR) is 72.2 cm³/mol. The van der Waals surface area contributed by atoms with Crippen molar-refractivity contribution in [3.05, 3.63) is 35.9 Å². The van der Waals surface area contributed by atoms with Crippen molar-refractivity contribution in [2.75, 3.05) is 19.6 Å². The second-order valence-electron chi connectivity index (χ2n) is 5.61. The largest absolute Gasteiger partial charge is 0.391 e. The first-order valence-corrected chi connectivity index (χ1v) is 7.00. The van der Waals surface area contributed by atoms with E-state index in [0.29, 0.717) is 5.92 Å². The van der Waals surface area contributed by atoms with Crippen molar-refractivity contribution in [3.8, 4) is 0 Å². The Bertz CT molecular complexity index is 377. The lowest BCUT2D eigenvalue weighted by Crippen LogP contribution is -2.55. The van der Waals surface area contributed by atoms with Gasteiger partial charge >= 0.3 is 0 Å². The molecule has 1 aliphatic heterocycles. The van der Waals surface area contributed by atoms with Gasteiger partial charge in [-0.1, -0.05) is 30.3 Å². The number of benzene rings is 1. The minimum Gasteiger partial charge on any atom is -0.391 e. The molecule has 3 nitrogen and oxygen atoms in total. The third-order valence-corrected chi connectivity index (χ3v) is 4.06. The Morgan fingerprint density at radius 1 is 1.28 bits per heavy atom. The standard InChI is InChI=1S/C15H22N2O/c18-15(13-6-7-13)14-11-17(9-8-16-14)10-12-4-2-1-3-5-12/h1-5,13-16,18H,6-11H2. The van der Waals surface area contributed by atoms with Gasteiger partial charge in [0.15, 0.2) is 0 Å². The zero-order valence-electron chi connectivity index (χ0n) is 10.8. The Morgan fingerprint density at radius 3 is 2.78 bits per heavy atom. The summed E-state index contributed by atoms with van der Waals surface area (Å²) in [6.45, 7) is 4.02. The van der Waals surface area contributed by atoms with Crippen LogP contribution in [0.15, 0.2) is 30.3 Å². The molecule has 2 N–H and O–H groups in total. The molecule has 98 valence electrons. The highest BCUT2D eigenvalue weighted by atomic mass is 16.3. The Kier molecular flexibility index (Phi) is 3.64. The van der Waals surface area contributed by atoms with Crippen molar-refractivity contribution in [1.82, 2.24) is 10.2 Å². The van der Waals surface area contributed by atoms with Gasteiger partial charge in [0.1, 0.15) is 0 Å². The fraction of sp³-hybridized carbons (Fsp3) is 0.600. The number of aliphatic hydroxyl groups is 1. The van der Waals surface area contributed by atoms with E-state index < -0.39 is 0 Å². The van der Waals surface area contributed by atoms with E-state index in [0.717, 1.165) is 26.2 Å². The molecule has 0 bridgehead atoms. The molecule has 2 fully saturated rings. The third kappa shape index (κ3) is 2.91. The molecule has 18 heavy (non-hydrogen) atoms. The van der Waals surface area contributed by atoms with Gasteiger partial charge in [-0.3, -0.25) is 4.90 Å². The number of aliphatic hydroxyl groups excluding tert-OH is 1. The summed E-state index contributed by atoms with van der Waals surface area (Å²) in [6.07, 6.45) is 2.26. The van der Waals surface area contributed by atoms with E-state index in [4.69, 9.17) is 0 Å². The molecule has 2 aliphatic rings. The zero-order valence-corrected chi connectivity index (χ0v) is 10.8. The number of rotatable bonds is 4. The van der Waals surface area contributed by atoms with Gasteiger partial charge in [-0.25, -0.2) is 0 Å². The molecule has 3 rings (SSSR count). The van der Waals surface area contributed by atoms with Gasteiger partial charge in [0, 0.05) is 32.2 Å². The minimum atomic E-state index is -0.149. The molecule has 2 unspecified atom stereocenters. The Hall–Kier alpha value is -0.900. The van der Waals surface area contributed by atoms with E-state index in [1.165, 1.54) is 18.4 Å². The molecule has 1 aliphatic carbocycles. The SMILES string of the molecule is OC(C1CC1)C1CN(Cc2ccccc2)CCN1. The highest BCUT2D eigenvalue weighted by Crippen LogP contribution is 2.34. The maximum atomic E-state index is 10.2. The summed E-state index contributed by atoms with van der Waals surface area (Å²) in [5.41, 5.74) is 1.36. The van der Waals surface area contributed by atoms with Crippen molar-refractivity contribution >= 4 is 0 Å². The number of piperazine rings is 1. The number of hydrogen-bond donors (Lipinski definition) is 2. The summed E-state index contributed by atoms with van der Waals surface area (Å²) in [6, 6.07) is 10.8. The van der Waals surface area contributed by atoms with Gasteiger partial charge < -0.3 is 10.4 Å². The van der Waals surface area contributed by atoms with Crippen LogP contribution in [0.3, 0.4) is 0 Å². The van der Waals surface area contributed by atoms with Crippen LogP contribution in [-0.2, 0) is 6.54 Å². The van der Waals surface area contributed by atoms with Crippen LogP contribution in [0.4, 0.5) is 0 Å². The smallest absolute Gasteiger partial charge is 0.0733 e. The number of hydrogen-bond acceptors (Lipinski definition) is 3. The maximum absolute atomic E-state index is 10.2. The molecular weight excluding hydrogens is 224 g/mol. The molecule has 0 spiro atoms. The van der Waals surface area contributed by atoms with Crippen molar-refractivity contribution in [2.45, 2.75) is 31.5 Å². The number of nitrogens with zero attached hydrogens (tertiary/aromatic N) is 1. The first-order valence-electron chi connectivity index (χ1n) is 7.00. The lowest BCUT2D eigenvalue weighted by atomic mass is 10.0. The van der Waals surface area contributed by atoms with Gasteiger partial charge in [0.05, 0.1) is 6.10 Å². The van der Waals surface area contributed by atoms with Gasteiger partial charge in [-0.05, 0) is 24.3 Å². The third-order valence-electron chi connectivity index (χ3n) is 4.06. The molecule has 1 saturated heterocycles. The van der Waals surface area contributed by atoms with Crippen LogP contribution in [-0.4, -0.2) is 41.8 Å². The normalized spacial score (nSPS) is 27.1. The van der Waals surface area contributed by atoms with E-state index in [-0.39, 0.29) is 12.1 Å². The number of nitrogens with one attached hydrogen (secondary N) is 1. The van der Waals surface area contributed by atoms with Gasteiger partial charge in [-0.2, -0.15) is 0 Å². The average Bonchev–Trinajstić information content (AvgIpc) is 3.24. The minimum absolute atomic E-state index is 0.149. The molecule has 1 heterocycles. The van der Waals surface area contributed by atoms with Crippen LogP contribution >= 0.6 is 0 Å². The van der Waals surface area contributed by atoms with Crippen LogP contribution < -0.4 is 5.32 Å². The summed E-state index contributed by atoms with van der Waals surface area (Å²) < 4.78 is 0. The van der Waals surface area contributed by atoms with Crippen LogP contribution in [0, 0.1) is 5.92 Å². The molecule has 1 saturated carbocycles. The molecule has 0 amide bonds. The van der Waals surface area contributed by atoms with Crippen LogP contribution in [0.2, 0.25) is 0 Å². The lowest BCUT2D eigenvalue weighted by Gasteiger charge is -2.36. The molecule has 1 aromatic carbocycles. The van der Waals surface area contributed by atoms with E-state index in [2.05, 4.69) is 40.5 Å². The van der Waals surface area contributed by atoms with Crippen LogP contribution in [0.5, 0.6) is 0 Å². The predicted octanol–water partition coefficient (Wildman–Crippen LogP) is 1.23. The molecule has 3 heteroatoms. The summed E-state index contributed by atoms with van der Waals surface area (Å²) in [5, 5.41) is 13.7. The van der Waals surface area contributed by atoms with Crippen LogP contribution in [0.1, 0.15) is 18.4 Å². The second-order valence-corrected chi connectivity index (χ2v) is 5.61. The fourth-order valence-electron chi connectivity index (χ4n) is 2.82. The van der Waals surface area contributed by atoms with E-state index in [1.807, 2.05) is 0 Å². The maximum Gasteiger partial charge on any atom is 0.0733 e. The lowest BCUT2D eigenvalue weighted by molar-refractivity contribution is 0.0624. The topological polar surface area (TPSA) is 35.5 Å². The van der Waals surface area contributed by atoms with Gasteiger partial charge in [0.25, 0.3) is 0 Å². The quantitative estimate of drug-likeness (QED) is 0.839. The van der Waals surface area contributed by atoms with Gasteiger partial charge in [-0.15, -0.1) is 0 Å². The second kappa shape index (κ2) is 5.39. The highest BCUT2D eigenvalue weighted by Gasteiger charge is 2.36. The molecule has 0 radical (unpaired) electrons. The van der Waals surface area contributed by atoms with E-state index >= 15 is 0 Å². The monoisotopic (exact) mass is 246 g/mol. The van der Waals surface area contributed by atoms with Crippen molar-refractivity contribution in [3.63, 3.8) is 0 Å². The van der Waals surface area contributed by atoms with Crippen molar-refractivity contribution in [1.29, 1.82) is 0 Å². The summed E-state index contributed by atoms with van der Waals surface area (Å²) in [7, 11) is 0. The Labute approximate surface area is 109 Å². The Morgan fingerprint density at radius 2 is 2.06 bits per heavy atom. The molecule has 1 aromatic rings. The molecule has 0 aromatic heterocycles. The fourth-order valence-corrected chi connectivity index (χ4v) is 2.82. The average molecular weight is 246 g/mol. The van der Waals surface area contributed by atoms with Gasteiger partial charge in [0.2, 0.25) is 0 Å². The first kappa shape index (κ1) is 12.2. The van der Waals surface area contributed by atoms with E-state index in [1.54, 1.807) is 0 Å². The summed E-state index contributed by atoms with van der Waals surface area (Å²) >= 11 is 0.